The largest absolute Gasteiger partial charge is 0.302 e. The van der Waals surface area contributed by atoms with Gasteiger partial charge in [-0.25, -0.2) is 4.98 Å². The van der Waals surface area contributed by atoms with Crippen LogP contribution in [0.3, 0.4) is 0 Å². The Hall–Kier alpha value is -2.39. The fourth-order valence-electron chi connectivity index (χ4n) is 3.45. The summed E-state index contributed by atoms with van der Waals surface area (Å²) in [6, 6.07) is 13.6. The number of aromatic nitrogens is 4. The molecule has 0 radical (unpaired) electrons. The first-order chi connectivity index (χ1) is 16.7. The predicted molar refractivity (Wildman–Crippen MR) is 147 cm³/mol. The zero-order valence-corrected chi connectivity index (χ0v) is 22.9. The summed E-state index contributed by atoms with van der Waals surface area (Å²) in [5.74, 6) is 0.817. The Morgan fingerprint density at radius 2 is 1.86 bits per heavy atom. The lowest BCUT2D eigenvalue weighted by Crippen LogP contribution is -2.14. The van der Waals surface area contributed by atoms with Crippen LogP contribution in [-0.4, -0.2) is 31.4 Å². The third-order valence-corrected chi connectivity index (χ3v) is 7.60. The zero-order valence-electron chi connectivity index (χ0n) is 19.8. The van der Waals surface area contributed by atoms with Gasteiger partial charge in [0.2, 0.25) is 5.91 Å². The van der Waals surface area contributed by atoms with Crippen molar-refractivity contribution in [2.45, 2.75) is 44.8 Å². The monoisotopic (exact) mass is 545 g/mol. The Morgan fingerprint density at radius 1 is 1.11 bits per heavy atom. The van der Waals surface area contributed by atoms with Crippen LogP contribution in [-0.2, 0) is 16.8 Å². The minimum Gasteiger partial charge on any atom is -0.302 e. The summed E-state index contributed by atoms with van der Waals surface area (Å²) >= 11 is 14.9. The summed E-state index contributed by atoms with van der Waals surface area (Å²) in [5.41, 5.74) is 3.80. The first-order valence-electron chi connectivity index (χ1n) is 11.0. The second kappa shape index (κ2) is 10.7. The van der Waals surface area contributed by atoms with Crippen molar-refractivity contribution < 1.29 is 4.79 Å². The molecule has 2 heterocycles. The molecule has 4 aromatic rings. The number of thiazole rings is 1. The van der Waals surface area contributed by atoms with Crippen LogP contribution in [0.1, 0.15) is 33.3 Å². The highest BCUT2D eigenvalue weighted by Gasteiger charge is 2.18. The Balaban J connectivity index is 1.41. The molecule has 10 heteroatoms. The molecule has 0 saturated heterocycles. The molecular weight excluding hydrogens is 521 g/mol. The van der Waals surface area contributed by atoms with E-state index in [9.17, 15) is 4.79 Å². The number of hydrogen-bond donors (Lipinski definition) is 1. The molecule has 0 aliphatic heterocycles. The van der Waals surface area contributed by atoms with Gasteiger partial charge in [0.1, 0.15) is 0 Å². The van der Waals surface area contributed by atoms with E-state index in [0.717, 1.165) is 17.0 Å². The molecule has 0 saturated carbocycles. The topological polar surface area (TPSA) is 72.7 Å². The summed E-state index contributed by atoms with van der Waals surface area (Å²) in [4.78, 5) is 17.1. The van der Waals surface area contributed by atoms with Crippen molar-refractivity contribution in [3.8, 4) is 22.6 Å². The van der Waals surface area contributed by atoms with Crippen molar-refractivity contribution in [1.82, 2.24) is 19.7 Å². The molecule has 0 atom stereocenters. The van der Waals surface area contributed by atoms with Crippen LogP contribution in [0.5, 0.6) is 0 Å². The molecule has 0 spiro atoms. The van der Waals surface area contributed by atoms with Gasteiger partial charge in [-0.3, -0.25) is 4.79 Å². The number of halogens is 2. The van der Waals surface area contributed by atoms with Crippen LogP contribution >= 0.6 is 46.3 Å². The Labute approximate surface area is 223 Å². The minimum atomic E-state index is -0.167. The highest BCUT2D eigenvalue weighted by atomic mass is 35.5. The number of thioether (sulfide) groups is 1. The fourth-order valence-corrected chi connectivity index (χ4v) is 5.49. The molecule has 1 N–H and O–H groups in total. The standard InChI is InChI=1S/C25H25Cl2N5OS2/c1-5-32-22(15-6-8-16(9-7-15)25(2,3)4)30-31-24(32)35-14-21(33)29-23-28-20(13-34-23)18-11-10-17(26)12-19(18)27/h6-13H,5,14H2,1-4H3,(H,28,29,33). The average molecular weight is 547 g/mol. The molecule has 35 heavy (non-hydrogen) atoms. The van der Waals surface area contributed by atoms with Crippen LogP contribution in [0.2, 0.25) is 10.0 Å². The van der Waals surface area contributed by atoms with E-state index in [-0.39, 0.29) is 17.1 Å². The van der Waals surface area contributed by atoms with Gasteiger partial charge in [-0.2, -0.15) is 0 Å². The summed E-state index contributed by atoms with van der Waals surface area (Å²) in [7, 11) is 0. The van der Waals surface area contributed by atoms with E-state index in [4.69, 9.17) is 23.2 Å². The maximum Gasteiger partial charge on any atom is 0.236 e. The minimum absolute atomic E-state index is 0.0879. The molecule has 0 fully saturated rings. The van der Waals surface area contributed by atoms with Crippen molar-refractivity contribution in [2.24, 2.45) is 0 Å². The molecule has 1 amide bonds. The number of carbonyl (C=O) groups excluding carboxylic acids is 1. The Morgan fingerprint density at radius 3 is 2.51 bits per heavy atom. The highest BCUT2D eigenvalue weighted by Crippen LogP contribution is 2.33. The van der Waals surface area contributed by atoms with Crippen molar-refractivity contribution in [3.63, 3.8) is 0 Å². The van der Waals surface area contributed by atoms with E-state index in [1.54, 1.807) is 12.1 Å². The maximum atomic E-state index is 12.6. The van der Waals surface area contributed by atoms with Gasteiger partial charge in [0, 0.05) is 28.1 Å². The van der Waals surface area contributed by atoms with Gasteiger partial charge in [0.05, 0.1) is 16.5 Å². The van der Waals surface area contributed by atoms with Crippen LogP contribution < -0.4 is 5.32 Å². The molecule has 2 aromatic carbocycles. The molecule has 0 aliphatic rings. The number of rotatable bonds is 7. The summed E-state index contributed by atoms with van der Waals surface area (Å²) in [6.45, 7) is 9.31. The number of anilines is 1. The average Bonchev–Trinajstić information content (AvgIpc) is 3.44. The van der Waals surface area contributed by atoms with Crippen molar-refractivity contribution >= 4 is 57.3 Å². The first-order valence-corrected chi connectivity index (χ1v) is 13.7. The summed E-state index contributed by atoms with van der Waals surface area (Å²) < 4.78 is 2.02. The van der Waals surface area contributed by atoms with Gasteiger partial charge >= 0.3 is 0 Å². The lowest BCUT2D eigenvalue weighted by Gasteiger charge is -2.19. The van der Waals surface area contributed by atoms with Gasteiger partial charge < -0.3 is 9.88 Å². The number of nitrogens with one attached hydrogen (secondary N) is 1. The second-order valence-corrected chi connectivity index (χ2v) is 11.5. The SMILES string of the molecule is CCn1c(SCC(=O)Nc2nc(-c3ccc(Cl)cc3Cl)cs2)nnc1-c1ccc(C(C)(C)C)cc1. The van der Waals surface area contributed by atoms with E-state index >= 15 is 0 Å². The van der Waals surface area contributed by atoms with E-state index in [0.29, 0.717) is 32.6 Å². The fraction of sp³-hybridized carbons (Fsp3) is 0.280. The number of carbonyl (C=O) groups is 1. The molecule has 0 bridgehead atoms. The van der Waals surface area contributed by atoms with Gasteiger partial charge in [-0.15, -0.1) is 21.5 Å². The van der Waals surface area contributed by atoms with Gasteiger partial charge in [0.25, 0.3) is 0 Å². The third-order valence-electron chi connectivity index (χ3n) is 5.33. The van der Waals surface area contributed by atoms with Crippen molar-refractivity contribution in [3.05, 3.63) is 63.5 Å². The Bertz CT molecular complexity index is 1340. The summed E-state index contributed by atoms with van der Waals surface area (Å²) in [5, 5.41) is 15.7. The van der Waals surface area contributed by atoms with Crippen molar-refractivity contribution in [2.75, 3.05) is 11.1 Å². The second-order valence-electron chi connectivity index (χ2n) is 8.88. The van der Waals surface area contributed by atoms with Crippen LogP contribution in [0.25, 0.3) is 22.6 Å². The lowest BCUT2D eigenvalue weighted by atomic mass is 9.87. The number of nitrogens with zero attached hydrogens (tertiary/aromatic N) is 4. The molecule has 182 valence electrons. The quantitative estimate of drug-likeness (QED) is 0.244. The molecule has 6 nitrogen and oxygen atoms in total. The molecule has 0 aliphatic carbocycles. The van der Waals surface area contributed by atoms with E-state index < -0.39 is 0 Å². The van der Waals surface area contributed by atoms with Gasteiger partial charge in [0.15, 0.2) is 16.1 Å². The molecule has 0 unspecified atom stereocenters. The third kappa shape index (κ3) is 6.06. The van der Waals surface area contributed by atoms with Crippen LogP contribution in [0, 0.1) is 0 Å². The number of hydrogen-bond acceptors (Lipinski definition) is 6. The first kappa shape index (κ1) is 25.7. The van der Waals surface area contributed by atoms with Crippen molar-refractivity contribution in [1.29, 1.82) is 0 Å². The lowest BCUT2D eigenvalue weighted by molar-refractivity contribution is -0.113. The summed E-state index contributed by atoms with van der Waals surface area (Å²) in [6.07, 6.45) is 0. The van der Waals surface area contributed by atoms with Crippen LogP contribution in [0.4, 0.5) is 5.13 Å². The van der Waals surface area contributed by atoms with Crippen LogP contribution in [0.15, 0.2) is 53.0 Å². The molecule has 4 rings (SSSR count). The zero-order chi connectivity index (χ0) is 25.2. The predicted octanol–water partition coefficient (Wildman–Crippen LogP) is 7.42. The van der Waals surface area contributed by atoms with Gasteiger partial charge in [-0.1, -0.05) is 80.0 Å². The molecular formula is C25H25Cl2N5OS2. The molecule has 2 aromatic heterocycles. The Kier molecular flexibility index (Phi) is 7.86. The maximum absolute atomic E-state index is 12.6. The normalized spacial score (nSPS) is 11.6. The van der Waals surface area contributed by atoms with E-state index in [1.807, 2.05) is 22.9 Å². The smallest absolute Gasteiger partial charge is 0.236 e. The van der Waals surface area contributed by atoms with E-state index in [2.05, 4.69) is 65.5 Å². The van der Waals surface area contributed by atoms with Gasteiger partial charge in [-0.05, 0) is 36.1 Å². The van der Waals surface area contributed by atoms with E-state index in [1.165, 1.54) is 28.7 Å². The number of amides is 1. The highest BCUT2D eigenvalue weighted by molar-refractivity contribution is 7.99. The number of benzene rings is 2.